The van der Waals surface area contributed by atoms with Crippen molar-refractivity contribution in [2.24, 2.45) is 0 Å². The molecule has 1 saturated heterocycles. The average molecular weight is 303 g/mol. The summed E-state index contributed by atoms with van der Waals surface area (Å²) in [6.45, 7) is 14.5. The highest BCUT2D eigenvalue weighted by molar-refractivity contribution is 5.89. The van der Waals surface area contributed by atoms with Crippen molar-refractivity contribution in [1.29, 1.82) is 0 Å². The first-order chi connectivity index (χ1) is 10.3. The maximum atomic E-state index is 12.3. The zero-order valence-corrected chi connectivity index (χ0v) is 14.5. The van der Waals surface area contributed by atoms with E-state index in [-0.39, 0.29) is 11.4 Å². The number of nitrogens with zero attached hydrogens (tertiary/aromatic N) is 2. The maximum absolute atomic E-state index is 12.3. The van der Waals surface area contributed by atoms with E-state index in [0.717, 1.165) is 31.9 Å². The molecule has 4 heteroatoms. The molecule has 2 rings (SSSR count). The number of amides is 2. The molecule has 0 atom stereocenters. The van der Waals surface area contributed by atoms with Crippen LogP contribution in [0.25, 0.3) is 0 Å². The second kappa shape index (κ2) is 6.69. The topological polar surface area (TPSA) is 35.6 Å². The van der Waals surface area contributed by atoms with E-state index < -0.39 is 0 Å². The van der Waals surface area contributed by atoms with E-state index in [9.17, 15) is 4.79 Å². The Balaban J connectivity index is 1.90. The minimum atomic E-state index is 0.00640. The molecule has 1 aromatic rings. The maximum Gasteiger partial charge on any atom is 0.321 e. The first kappa shape index (κ1) is 16.8. The Kier molecular flexibility index (Phi) is 5.12. The van der Waals surface area contributed by atoms with Crippen molar-refractivity contribution in [3.8, 4) is 0 Å². The van der Waals surface area contributed by atoms with Gasteiger partial charge in [-0.1, -0.05) is 32.9 Å². The van der Waals surface area contributed by atoms with Crippen LogP contribution in [0.1, 0.15) is 40.2 Å². The Bertz CT molecular complexity index is 494. The number of carbonyl (C=O) groups is 1. The Hall–Kier alpha value is -1.55. The summed E-state index contributed by atoms with van der Waals surface area (Å²) in [6.07, 6.45) is 0. The number of urea groups is 1. The molecule has 0 bridgehead atoms. The lowest BCUT2D eigenvalue weighted by Gasteiger charge is -2.36. The first-order valence-corrected chi connectivity index (χ1v) is 8.18. The smallest absolute Gasteiger partial charge is 0.321 e. The van der Waals surface area contributed by atoms with Gasteiger partial charge >= 0.3 is 6.03 Å². The van der Waals surface area contributed by atoms with Crippen LogP contribution >= 0.6 is 0 Å². The van der Waals surface area contributed by atoms with E-state index in [1.807, 2.05) is 17.0 Å². The number of rotatable bonds is 2. The number of carbonyl (C=O) groups excluding carboxylic acids is 1. The summed E-state index contributed by atoms with van der Waals surface area (Å²) in [5.41, 5.74) is 2.27. The Morgan fingerprint density at radius 3 is 2.05 bits per heavy atom. The van der Waals surface area contributed by atoms with Gasteiger partial charge in [0.1, 0.15) is 0 Å². The zero-order chi connectivity index (χ0) is 16.3. The summed E-state index contributed by atoms with van der Waals surface area (Å²) in [4.78, 5) is 16.6. The van der Waals surface area contributed by atoms with Crippen LogP contribution in [0.5, 0.6) is 0 Å². The largest absolute Gasteiger partial charge is 0.322 e. The van der Waals surface area contributed by atoms with Gasteiger partial charge in [0, 0.05) is 37.9 Å². The Morgan fingerprint density at radius 2 is 1.59 bits per heavy atom. The van der Waals surface area contributed by atoms with E-state index in [1.165, 1.54) is 5.56 Å². The number of hydrogen-bond acceptors (Lipinski definition) is 2. The number of anilines is 1. The van der Waals surface area contributed by atoms with E-state index in [2.05, 4.69) is 57.0 Å². The van der Waals surface area contributed by atoms with Crippen molar-refractivity contribution in [3.63, 3.8) is 0 Å². The number of nitrogens with one attached hydrogen (secondary N) is 1. The molecule has 1 aliphatic heterocycles. The monoisotopic (exact) mass is 303 g/mol. The fraction of sp³-hybridized carbons (Fsp3) is 0.611. The molecule has 1 aliphatic rings. The van der Waals surface area contributed by atoms with Crippen molar-refractivity contribution in [2.45, 2.75) is 46.1 Å². The van der Waals surface area contributed by atoms with Crippen LogP contribution in [-0.2, 0) is 5.41 Å². The molecular weight excluding hydrogens is 274 g/mol. The predicted octanol–water partition coefficient (Wildman–Crippen LogP) is 3.54. The highest BCUT2D eigenvalue weighted by atomic mass is 16.2. The molecule has 0 saturated carbocycles. The molecule has 1 heterocycles. The van der Waals surface area contributed by atoms with E-state index in [1.54, 1.807) is 0 Å². The summed E-state index contributed by atoms with van der Waals surface area (Å²) in [5.74, 6) is 0. The molecule has 4 nitrogen and oxygen atoms in total. The molecule has 1 aromatic carbocycles. The van der Waals surface area contributed by atoms with Crippen LogP contribution in [0.15, 0.2) is 24.3 Å². The number of hydrogen-bond donors (Lipinski definition) is 1. The summed E-state index contributed by atoms with van der Waals surface area (Å²) in [6, 6.07) is 8.71. The Labute approximate surface area is 134 Å². The van der Waals surface area contributed by atoms with E-state index in [0.29, 0.717) is 6.04 Å². The minimum absolute atomic E-state index is 0.00640. The van der Waals surface area contributed by atoms with Crippen molar-refractivity contribution < 1.29 is 4.79 Å². The highest BCUT2D eigenvalue weighted by Gasteiger charge is 2.22. The molecule has 0 unspecified atom stereocenters. The molecule has 2 amide bonds. The number of benzene rings is 1. The molecule has 0 aromatic heterocycles. The van der Waals surface area contributed by atoms with Gasteiger partial charge in [-0.05, 0) is 37.0 Å². The fourth-order valence-electron chi connectivity index (χ4n) is 2.70. The zero-order valence-electron chi connectivity index (χ0n) is 14.5. The lowest BCUT2D eigenvalue weighted by atomic mass is 9.87. The van der Waals surface area contributed by atoms with Gasteiger partial charge in [-0.25, -0.2) is 4.79 Å². The normalized spacial score (nSPS) is 16.9. The quantitative estimate of drug-likeness (QED) is 0.907. The van der Waals surface area contributed by atoms with Gasteiger partial charge in [0.2, 0.25) is 0 Å². The SMILES string of the molecule is CC(C)N1CCN(C(=O)Nc2ccc(C(C)(C)C)cc2)CC1. The van der Waals surface area contributed by atoms with Gasteiger partial charge < -0.3 is 10.2 Å². The van der Waals surface area contributed by atoms with Gasteiger partial charge in [0.05, 0.1) is 0 Å². The van der Waals surface area contributed by atoms with Crippen LogP contribution < -0.4 is 5.32 Å². The second-order valence-electron chi connectivity index (χ2n) is 7.37. The summed E-state index contributed by atoms with van der Waals surface area (Å²) in [5, 5.41) is 3.00. The van der Waals surface area contributed by atoms with Gasteiger partial charge in [-0.2, -0.15) is 0 Å². The van der Waals surface area contributed by atoms with Gasteiger partial charge in [0.15, 0.2) is 0 Å². The highest BCUT2D eigenvalue weighted by Crippen LogP contribution is 2.23. The predicted molar refractivity (Wildman–Crippen MR) is 92.4 cm³/mol. The minimum Gasteiger partial charge on any atom is -0.322 e. The summed E-state index contributed by atoms with van der Waals surface area (Å²) >= 11 is 0. The molecular formula is C18H29N3O. The fourth-order valence-corrected chi connectivity index (χ4v) is 2.70. The molecule has 1 fully saturated rings. The van der Waals surface area contributed by atoms with Crippen molar-refractivity contribution >= 4 is 11.7 Å². The molecule has 22 heavy (non-hydrogen) atoms. The lowest BCUT2D eigenvalue weighted by molar-refractivity contribution is 0.125. The van der Waals surface area contributed by atoms with Crippen molar-refractivity contribution in [3.05, 3.63) is 29.8 Å². The molecule has 1 N–H and O–H groups in total. The van der Waals surface area contributed by atoms with E-state index >= 15 is 0 Å². The van der Waals surface area contributed by atoms with Crippen LogP contribution in [0.4, 0.5) is 10.5 Å². The van der Waals surface area contributed by atoms with Crippen LogP contribution in [0.2, 0.25) is 0 Å². The molecule has 0 radical (unpaired) electrons. The summed E-state index contributed by atoms with van der Waals surface area (Å²) < 4.78 is 0. The average Bonchev–Trinajstić information content (AvgIpc) is 2.47. The van der Waals surface area contributed by atoms with Gasteiger partial charge in [0.25, 0.3) is 0 Å². The third-order valence-electron chi connectivity index (χ3n) is 4.33. The molecule has 122 valence electrons. The summed E-state index contributed by atoms with van der Waals surface area (Å²) in [7, 11) is 0. The number of piperazine rings is 1. The van der Waals surface area contributed by atoms with Crippen LogP contribution in [-0.4, -0.2) is 48.1 Å². The third kappa shape index (κ3) is 4.23. The lowest BCUT2D eigenvalue weighted by Crippen LogP contribution is -2.51. The molecule has 0 aliphatic carbocycles. The van der Waals surface area contributed by atoms with Crippen molar-refractivity contribution in [2.75, 3.05) is 31.5 Å². The first-order valence-electron chi connectivity index (χ1n) is 8.18. The second-order valence-corrected chi connectivity index (χ2v) is 7.37. The van der Waals surface area contributed by atoms with E-state index in [4.69, 9.17) is 0 Å². The van der Waals surface area contributed by atoms with Gasteiger partial charge in [-0.3, -0.25) is 4.90 Å². The third-order valence-corrected chi connectivity index (χ3v) is 4.33. The van der Waals surface area contributed by atoms with Crippen molar-refractivity contribution in [1.82, 2.24) is 9.80 Å². The standard InChI is InChI=1S/C18H29N3O/c1-14(2)20-10-12-21(13-11-20)17(22)19-16-8-6-15(7-9-16)18(3,4)5/h6-9,14H,10-13H2,1-5H3,(H,19,22). The van der Waals surface area contributed by atoms with Crippen LogP contribution in [0, 0.1) is 0 Å². The molecule has 0 spiro atoms. The van der Waals surface area contributed by atoms with Crippen LogP contribution in [0.3, 0.4) is 0 Å². The van der Waals surface area contributed by atoms with Gasteiger partial charge in [-0.15, -0.1) is 0 Å². The Morgan fingerprint density at radius 1 is 1.05 bits per heavy atom.